The van der Waals surface area contributed by atoms with E-state index >= 15 is 0 Å². The number of hydrogen-bond donors (Lipinski definition) is 0. The predicted molar refractivity (Wildman–Crippen MR) is 150 cm³/mol. The van der Waals surface area contributed by atoms with Gasteiger partial charge in [-0.25, -0.2) is 12.8 Å². The third kappa shape index (κ3) is 4.11. The molecule has 8 heteroatoms. The summed E-state index contributed by atoms with van der Waals surface area (Å²) in [6, 6.07) is 21.7. The lowest BCUT2D eigenvalue weighted by Crippen LogP contribution is -2.34. The smallest absolute Gasteiger partial charge is 0.245 e. The molecule has 0 aliphatic carbocycles. The van der Waals surface area contributed by atoms with Crippen LogP contribution in [-0.4, -0.2) is 35.4 Å². The summed E-state index contributed by atoms with van der Waals surface area (Å²) >= 11 is 6.35. The van der Waals surface area contributed by atoms with Crippen LogP contribution in [0.15, 0.2) is 90.0 Å². The molecule has 0 spiro atoms. The molecule has 0 amide bonds. The van der Waals surface area contributed by atoms with Gasteiger partial charge in [0.1, 0.15) is 10.7 Å². The van der Waals surface area contributed by atoms with E-state index in [0.29, 0.717) is 35.6 Å². The second-order valence-electron chi connectivity index (χ2n) is 9.44. The van der Waals surface area contributed by atoms with Gasteiger partial charge >= 0.3 is 0 Å². The van der Waals surface area contributed by atoms with Gasteiger partial charge < -0.3 is 4.57 Å². The number of fused-ring (bicyclic) bond motifs is 2. The van der Waals surface area contributed by atoms with E-state index in [-0.39, 0.29) is 17.3 Å². The van der Waals surface area contributed by atoms with Crippen LogP contribution in [0.1, 0.15) is 23.2 Å². The third-order valence-electron chi connectivity index (χ3n) is 7.32. The summed E-state index contributed by atoms with van der Waals surface area (Å²) < 4.78 is 45.4. The average Bonchev–Trinajstić information content (AvgIpc) is 3.21. The number of hydrogen-bond acceptors (Lipinski definition) is 3. The first-order valence-corrected chi connectivity index (χ1v) is 14.2. The van der Waals surface area contributed by atoms with Crippen LogP contribution in [0.2, 0.25) is 5.02 Å². The fraction of sp³-hybridized carbons (Fsp3) is 0.167. The van der Waals surface area contributed by atoms with Crippen molar-refractivity contribution in [3.63, 3.8) is 0 Å². The van der Waals surface area contributed by atoms with Gasteiger partial charge in [0.25, 0.3) is 0 Å². The topological polar surface area (TPSA) is 55.2 Å². The van der Waals surface area contributed by atoms with Gasteiger partial charge in [-0.15, -0.1) is 0 Å². The average molecular weight is 546 g/mol. The second kappa shape index (κ2) is 9.66. The zero-order valence-corrected chi connectivity index (χ0v) is 22.3. The summed E-state index contributed by atoms with van der Waals surface area (Å²) in [6.07, 6.45) is 4.17. The number of aromatic nitrogens is 2. The Kier molecular flexibility index (Phi) is 6.30. The van der Waals surface area contributed by atoms with E-state index < -0.39 is 10.0 Å². The van der Waals surface area contributed by atoms with Crippen molar-refractivity contribution in [3.8, 4) is 0 Å². The van der Waals surface area contributed by atoms with Gasteiger partial charge in [0.2, 0.25) is 10.0 Å². The molecule has 0 radical (unpaired) electrons. The molecule has 0 saturated carbocycles. The van der Waals surface area contributed by atoms with Crippen LogP contribution in [-0.2, 0) is 16.6 Å². The summed E-state index contributed by atoms with van der Waals surface area (Å²) in [5.41, 5.74) is 5.05. The van der Waals surface area contributed by atoms with Crippen LogP contribution < -0.4 is 0 Å². The molecular weight excluding hydrogens is 521 g/mol. The zero-order valence-electron chi connectivity index (χ0n) is 20.7. The van der Waals surface area contributed by atoms with E-state index in [1.807, 2.05) is 43.3 Å². The summed E-state index contributed by atoms with van der Waals surface area (Å²) in [4.78, 5) is 4.56. The quantitative estimate of drug-likeness (QED) is 0.243. The summed E-state index contributed by atoms with van der Waals surface area (Å²) in [6.45, 7) is 2.95. The highest BCUT2D eigenvalue weighted by Gasteiger charge is 2.29. The minimum atomic E-state index is -3.73. The van der Waals surface area contributed by atoms with Crippen LogP contribution in [0.5, 0.6) is 0 Å². The zero-order chi connectivity index (χ0) is 26.4. The molecule has 0 atom stereocenters. The Labute approximate surface area is 225 Å². The van der Waals surface area contributed by atoms with Gasteiger partial charge in [-0.2, -0.15) is 4.31 Å². The van der Waals surface area contributed by atoms with Crippen LogP contribution in [0, 0.1) is 12.7 Å². The maximum atomic E-state index is 14.6. The van der Waals surface area contributed by atoms with Crippen molar-refractivity contribution >= 4 is 49.0 Å². The first-order chi connectivity index (χ1) is 18.4. The maximum absolute atomic E-state index is 14.6. The second-order valence-corrected chi connectivity index (χ2v) is 11.8. The molecule has 5 aromatic rings. The van der Waals surface area contributed by atoms with Crippen molar-refractivity contribution in [1.82, 2.24) is 13.9 Å². The summed E-state index contributed by atoms with van der Waals surface area (Å²) in [5, 5.41) is 2.24. The Morgan fingerprint density at radius 2 is 1.79 bits per heavy atom. The lowest BCUT2D eigenvalue weighted by Gasteiger charge is -2.26. The number of benzene rings is 3. The van der Waals surface area contributed by atoms with Crippen LogP contribution in [0.4, 0.5) is 4.39 Å². The highest BCUT2D eigenvalue weighted by molar-refractivity contribution is 7.89. The van der Waals surface area contributed by atoms with Crippen molar-refractivity contribution in [3.05, 3.63) is 113 Å². The van der Waals surface area contributed by atoms with E-state index in [1.165, 1.54) is 10.4 Å². The van der Waals surface area contributed by atoms with E-state index in [9.17, 15) is 12.8 Å². The lowest BCUT2D eigenvalue weighted by atomic mass is 9.97. The summed E-state index contributed by atoms with van der Waals surface area (Å²) in [5.74, 6) is -0.336. The molecule has 192 valence electrons. The van der Waals surface area contributed by atoms with Gasteiger partial charge in [-0.3, -0.25) is 4.98 Å². The third-order valence-corrected chi connectivity index (χ3v) is 9.57. The molecule has 0 bridgehead atoms. The van der Waals surface area contributed by atoms with Crippen LogP contribution in [0.25, 0.3) is 27.4 Å². The molecule has 1 aliphatic heterocycles. The Balaban J connectivity index is 1.37. The SMILES string of the molecule is Cc1c(C2=CCN(S(=O)(=O)c3cccc4cccnc34)CC2)c2ccccc2n1Cc1c(F)cccc1Cl. The molecule has 1 aliphatic rings. The predicted octanol–water partition coefficient (Wildman–Crippen LogP) is 6.82. The van der Waals surface area contributed by atoms with Crippen LogP contribution >= 0.6 is 11.6 Å². The Morgan fingerprint density at radius 3 is 2.58 bits per heavy atom. The molecule has 3 heterocycles. The molecule has 2 aromatic heterocycles. The Bertz CT molecular complexity index is 1820. The van der Waals surface area contributed by atoms with Gasteiger partial charge in [0, 0.05) is 57.4 Å². The molecule has 6 rings (SSSR count). The van der Waals surface area contributed by atoms with E-state index in [0.717, 1.165) is 33.1 Å². The number of sulfonamides is 1. The minimum Gasteiger partial charge on any atom is -0.340 e. The van der Waals surface area contributed by atoms with Crippen molar-refractivity contribution in [2.24, 2.45) is 0 Å². The number of nitrogens with zero attached hydrogens (tertiary/aromatic N) is 3. The monoisotopic (exact) mass is 545 g/mol. The number of para-hydroxylation sites is 2. The number of rotatable bonds is 5. The highest BCUT2D eigenvalue weighted by atomic mass is 35.5. The molecule has 5 nitrogen and oxygen atoms in total. The first kappa shape index (κ1) is 24.8. The van der Waals surface area contributed by atoms with E-state index in [1.54, 1.807) is 36.5 Å². The standard InChI is InChI=1S/C30H25ClFN3O2S/c1-20-29(23-9-2-3-12-27(23)35(20)19-24-25(31)10-5-11-26(24)32)21-14-17-34(18-15-21)38(36,37)28-13-4-7-22-8-6-16-33-30(22)28/h2-14,16H,15,17-19H2,1H3. The van der Waals surface area contributed by atoms with Crippen molar-refractivity contribution < 1.29 is 12.8 Å². The number of halogens is 2. The van der Waals surface area contributed by atoms with Gasteiger partial charge in [-0.1, -0.05) is 60.1 Å². The first-order valence-electron chi connectivity index (χ1n) is 12.4. The molecule has 0 fully saturated rings. The maximum Gasteiger partial charge on any atom is 0.245 e. The normalized spacial score (nSPS) is 14.8. The van der Waals surface area contributed by atoms with E-state index in [2.05, 4.69) is 15.6 Å². The summed E-state index contributed by atoms with van der Waals surface area (Å²) in [7, 11) is -3.73. The number of pyridine rings is 1. The largest absolute Gasteiger partial charge is 0.340 e. The fourth-order valence-electron chi connectivity index (χ4n) is 5.40. The molecule has 38 heavy (non-hydrogen) atoms. The molecule has 0 saturated heterocycles. The highest BCUT2D eigenvalue weighted by Crippen LogP contribution is 2.37. The van der Waals surface area contributed by atoms with Crippen molar-refractivity contribution in [2.75, 3.05) is 13.1 Å². The van der Waals surface area contributed by atoms with Crippen molar-refractivity contribution in [2.45, 2.75) is 24.8 Å². The molecular formula is C30H25ClFN3O2S. The Morgan fingerprint density at radius 1 is 1.00 bits per heavy atom. The fourth-order valence-corrected chi connectivity index (χ4v) is 7.17. The van der Waals surface area contributed by atoms with Crippen molar-refractivity contribution in [1.29, 1.82) is 0 Å². The minimum absolute atomic E-state index is 0.224. The van der Waals surface area contributed by atoms with E-state index in [4.69, 9.17) is 11.6 Å². The van der Waals surface area contributed by atoms with Crippen LogP contribution in [0.3, 0.4) is 0 Å². The lowest BCUT2D eigenvalue weighted by molar-refractivity contribution is 0.441. The molecule has 3 aromatic carbocycles. The Hall–Kier alpha value is -3.52. The molecule has 0 unspecified atom stereocenters. The molecule has 0 N–H and O–H groups in total. The van der Waals surface area contributed by atoms with Gasteiger partial charge in [0.15, 0.2) is 0 Å². The van der Waals surface area contributed by atoms with Gasteiger partial charge in [-0.05, 0) is 49.2 Å². The van der Waals surface area contributed by atoms with Gasteiger partial charge in [0.05, 0.1) is 12.1 Å².